The van der Waals surface area contributed by atoms with Gasteiger partial charge in [-0.1, -0.05) is 64.5 Å². The Morgan fingerprint density at radius 2 is 1.43 bits per heavy atom. The van der Waals surface area contributed by atoms with E-state index in [1.807, 2.05) is 42.5 Å². The average molecular weight is 351 g/mol. The van der Waals surface area contributed by atoms with E-state index in [0.29, 0.717) is 0 Å². The first-order valence-corrected chi connectivity index (χ1v) is 7.26. The monoisotopic (exact) mass is 350 g/mol. The zero-order valence-electron chi connectivity index (χ0n) is 10.8. The normalized spacial score (nSPS) is 12.6. The van der Waals surface area contributed by atoms with Gasteiger partial charge in [0.25, 0.3) is 0 Å². The summed E-state index contributed by atoms with van der Waals surface area (Å²) in [5.74, 6) is -3.80. The van der Waals surface area contributed by atoms with Crippen LogP contribution in [0.1, 0.15) is 16.0 Å². The van der Waals surface area contributed by atoms with E-state index in [2.05, 4.69) is 15.9 Å². The van der Waals surface area contributed by atoms with E-state index >= 15 is 0 Å². The quantitative estimate of drug-likeness (QED) is 0.408. The Hall–Kier alpha value is -1.81. The van der Waals surface area contributed by atoms with Crippen LogP contribution < -0.4 is 0 Å². The highest BCUT2D eigenvalue weighted by Gasteiger charge is 2.21. The van der Waals surface area contributed by atoms with Gasteiger partial charge in [0.1, 0.15) is 0 Å². The van der Waals surface area contributed by atoms with Crippen molar-refractivity contribution in [3.05, 3.63) is 83.2 Å². The lowest BCUT2D eigenvalue weighted by Gasteiger charge is -2.15. The minimum atomic E-state index is -1.45. The van der Waals surface area contributed by atoms with E-state index in [0.717, 1.165) is 22.4 Å². The first-order valence-electron chi connectivity index (χ1n) is 6.34. The summed E-state index contributed by atoms with van der Waals surface area (Å²) < 4.78 is 40.4. The Bertz CT molecular complexity index is 809. The molecule has 0 heterocycles. The Balaban J connectivity index is 2.17. The molecule has 0 spiro atoms. The third-order valence-electron chi connectivity index (χ3n) is 3.43. The van der Waals surface area contributed by atoms with Crippen LogP contribution in [-0.4, -0.2) is 0 Å². The van der Waals surface area contributed by atoms with Crippen LogP contribution in [0.15, 0.2) is 54.6 Å². The summed E-state index contributed by atoms with van der Waals surface area (Å²) in [6, 6.07) is 15.5. The van der Waals surface area contributed by atoms with Crippen LogP contribution in [0.5, 0.6) is 0 Å². The van der Waals surface area contributed by atoms with Gasteiger partial charge in [0.15, 0.2) is 17.5 Å². The third kappa shape index (κ3) is 2.44. The summed E-state index contributed by atoms with van der Waals surface area (Å²) in [6.07, 6.45) is 0. The molecule has 21 heavy (non-hydrogen) atoms. The molecule has 0 aliphatic heterocycles. The molecule has 0 aromatic heterocycles. The number of hydrogen-bond acceptors (Lipinski definition) is 0. The molecule has 0 aliphatic carbocycles. The number of alkyl halides is 1. The lowest BCUT2D eigenvalue weighted by molar-refractivity contribution is 0.442. The summed E-state index contributed by atoms with van der Waals surface area (Å²) >= 11 is 3.40. The standard InChI is InChI=1S/C17H10BrF3/c18-15(13-8-9-14(19)17(21)16(13)20)12-7-3-5-10-4-1-2-6-11(10)12/h1-9,15H. The van der Waals surface area contributed by atoms with Crippen LogP contribution in [-0.2, 0) is 0 Å². The Labute approximate surface area is 128 Å². The molecule has 0 radical (unpaired) electrons. The number of hydrogen-bond donors (Lipinski definition) is 0. The van der Waals surface area contributed by atoms with Crippen molar-refractivity contribution in [1.82, 2.24) is 0 Å². The molecule has 4 heteroatoms. The van der Waals surface area contributed by atoms with Gasteiger partial charge in [-0.25, -0.2) is 13.2 Å². The van der Waals surface area contributed by atoms with Crippen molar-refractivity contribution >= 4 is 26.7 Å². The summed E-state index contributed by atoms with van der Waals surface area (Å²) in [7, 11) is 0. The van der Waals surface area contributed by atoms with E-state index in [-0.39, 0.29) is 5.56 Å². The second-order valence-corrected chi connectivity index (χ2v) is 5.61. The highest BCUT2D eigenvalue weighted by molar-refractivity contribution is 9.09. The van der Waals surface area contributed by atoms with Crippen LogP contribution in [0.2, 0.25) is 0 Å². The van der Waals surface area contributed by atoms with E-state index in [1.54, 1.807) is 0 Å². The van der Waals surface area contributed by atoms with Crippen molar-refractivity contribution in [3.8, 4) is 0 Å². The maximum Gasteiger partial charge on any atom is 0.194 e. The molecule has 0 nitrogen and oxygen atoms in total. The van der Waals surface area contributed by atoms with Crippen molar-refractivity contribution in [2.75, 3.05) is 0 Å². The molecule has 0 N–H and O–H groups in total. The first kappa shape index (κ1) is 14.1. The molecule has 0 saturated carbocycles. The van der Waals surface area contributed by atoms with Gasteiger partial charge in [-0.3, -0.25) is 0 Å². The minimum absolute atomic E-state index is 0.0743. The van der Waals surface area contributed by atoms with Crippen molar-refractivity contribution in [1.29, 1.82) is 0 Å². The van der Waals surface area contributed by atoms with Crippen LogP contribution in [0.4, 0.5) is 13.2 Å². The van der Waals surface area contributed by atoms with Gasteiger partial charge in [-0.2, -0.15) is 0 Å². The largest absolute Gasteiger partial charge is 0.204 e. The molecule has 0 amide bonds. The van der Waals surface area contributed by atoms with Crippen LogP contribution in [0.25, 0.3) is 10.8 Å². The summed E-state index contributed by atoms with van der Waals surface area (Å²) in [6.45, 7) is 0. The highest BCUT2D eigenvalue weighted by Crippen LogP contribution is 2.37. The smallest absolute Gasteiger partial charge is 0.194 e. The Morgan fingerprint density at radius 1 is 0.714 bits per heavy atom. The molecule has 1 atom stereocenters. The highest BCUT2D eigenvalue weighted by atomic mass is 79.9. The number of halogens is 4. The predicted molar refractivity (Wildman–Crippen MR) is 81.0 cm³/mol. The van der Waals surface area contributed by atoms with Crippen LogP contribution in [0.3, 0.4) is 0 Å². The fourth-order valence-corrected chi connectivity index (χ4v) is 3.13. The van der Waals surface area contributed by atoms with E-state index < -0.39 is 22.3 Å². The van der Waals surface area contributed by atoms with Crippen molar-refractivity contribution in [2.45, 2.75) is 4.83 Å². The van der Waals surface area contributed by atoms with Crippen molar-refractivity contribution in [2.24, 2.45) is 0 Å². The van der Waals surface area contributed by atoms with Gasteiger partial charge >= 0.3 is 0 Å². The number of rotatable bonds is 2. The second-order valence-electron chi connectivity index (χ2n) is 4.70. The minimum Gasteiger partial charge on any atom is -0.204 e. The second kappa shape index (κ2) is 5.53. The number of benzene rings is 3. The van der Waals surface area contributed by atoms with E-state index in [4.69, 9.17) is 0 Å². The lowest BCUT2D eigenvalue weighted by atomic mass is 9.98. The number of fused-ring (bicyclic) bond motifs is 1. The Morgan fingerprint density at radius 3 is 2.24 bits per heavy atom. The molecule has 0 bridgehead atoms. The fraction of sp³-hybridized carbons (Fsp3) is 0.0588. The molecule has 0 saturated heterocycles. The molecule has 0 aliphatic rings. The maximum atomic E-state index is 14.0. The summed E-state index contributed by atoms with van der Waals surface area (Å²) in [4.78, 5) is -0.557. The zero-order valence-corrected chi connectivity index (χ0v) is 12.4. The van der Waals surface area contributed by atoms with Gasteiger partial charge in [-0.15, -0.1) is 0 Å². The van der Waals surface area contributed by atoms with Crippen molar-refractivity contribution in [3.63, 3.8) is 0 Å². The van der Waals surface area contributed by atoms with Crippen LogP contribution >= 0.6 is 15.9 Å². The predicted octanol–water partition coefficient (Wildman–Crippen LogP) is 5.74. The Kier molecular flexibility index (Phi) is 3.72. The van der Waals surface area contributed by atoms with Crippen molar-refractivity contribution < 1.29 is 13.2 Å². The molecule has 1 unspecified atom stereocenters. The summed E-state index contributed by atoms with van der Waals surface area (Å²) in [5.41, 5.74) is 0.878. The van der Waals surface area contributed by atoms with Gasteiger partial charge in [0, 0.05) is 5.56 Å². The molecule has 106 valence electrons. The summed E-state index contributed by atoms with van der Waals surface area (Å²) in [5, 5.41) is 1.94. The molecular weight excluding hydrogens is 341 g/mol. The first-order chi connectivity index (χ1) is 10.1. The fourth-order valence-electron chi connectivity index (χ4n) is 2.38. The molecule has 3 aromatic rings. The molecule has 0 fully saturated rings. The maximum absolute atomic E-state index is 14.0. The van der Waals surface area contributed by atoms with E-state index in [9.17, 15) is 13.2 Å². The van der Waals surface area contributed by atoms with Gasteiger partial charge < -0.3 is 0 Å². The average Bonchev–Trinajstić information content (AvgIpc) is 2.51. The lowest BCUT2D eigenvalue weighted by Crippen LogP contribution is -2.02. The molecule has 3 rings (SSSR count). The third-order valence-corrected chi connectivity index (χ3v) is 4.42. The van der Waals surface area contributed by atoms with Gasteiger partial charge in [-0.05, 0) is 22.4 Å². The van der Waals surface area contributed by atoms with Crippen LogP contribution in [0, 0.1) is 17.5 Å². The van der Waals surface area contributed by atoms with E-state index in [1.165, 1.54) is 6.07 Å². The van der Waals surface area contributed by atoms with Gasteiger partial charge in [0.05, 0.1) is 4.83 Å². The van der Waals surface area contributed by atoms with Gasteiger partial charge in [0.2, 0.25) is 0 Å². The molecule has 3 aromatic carbocycles. The topological polar surface area (TPSA) is 0 Å². The molecular formula is C17H10BrF3. The SMILES string of the molecule is Fc1ccc(C(Br)c2cccc3ccccc23)c(F)c1F. The zero-order chi connectivity index (χ0) is 15.0.